The Labute approximate surface area is 68.8 Å². The number of nitrogens with zero attached hydrogens (tertiary/aromatic N) is 1. The molecule has 1 amide bonds. The Hall–Kier alpha value is -0.570. The van der Waals surface area contributed by atoms with Crippen molar-refractivity contribution in [3.8, 4) is 0 Å². The molecule has 1 N–H and O–H groups in total. The quantitative estimate of drug-likeness (QED) is 0.634. The fraction of sp³-hybridized carbons (Fsp3) is 0.750. The standard InChI is InChI=1S/C8H17N2O/c1-4-10(5-2)7-6-9-8(3)11/h7H,4-6H2,1-3H3,(H,9,11). The van der Waals surface area contributed by atoms with Crippen molar-refractivity contribution < 1.29 is 4.79 Å². The molecule has 1 radical (unpaired) electrons. The maximum atomic E-state index is 10.5. The van der Waals surface area contributed by atoms with Crippen LogP contribution in [0.4, 0.5) is 0 Å². The van der Waals surface area contributed by atoms with Gasteiger partial charge in [-0.25, -0.2) is 0 Å². The third-order valence-electron chi connectivity index (χ3n) is 1.51. The van der Waals surface area contributed by atoms with Gasteiger partial charge in [-0.1, -0.05) is 13.8 Å². The van der Waals surface area contributed by atoms with Crippen LogP contribution in [0.2, 0.25) is 0 Å². The van der Waals surface area contributed by atoms with Crippen LogP contribution in [0.5, 0.6) is 0 Å². The number of amides is 1. The zero-order valence-electron chi connectivity index (χ0n) is 7.55. The van der Waals surface area contributed by atoms with Gasteiger partial charge in [-0.2, -0.15) is 0 Å². The normalized spacial score (nSPS) is 10.2. The van der Waals surface area contributed by atoms with Gasteiger partial charge in [0.25, 0.3) is 0 Å². The van der Waals surface area contributed by atoms with E-state index in [4.69, 9.17) is 0 Å². The second kappa shape index (κ2) is 6.16. The molecule has 0 heterocycles. The van der Waals surface area contributed by atoms with E-state index in [0.717, 1.165) is 13.1 Å². The molecule has 0 atom stereocenters. The number of hydrogen-bond acceptors (Lipinski definition) is 2. The van der Waals surface area contributed by atoms with E-state index < -0.39 is 0 Å². The largest absolute Gasteiger partial charge is 0.355 e. The van der Waals surface area contributed by atoms with Crippen molar-refractivity contribution in [2.75, 3.05) is 19.6 Å². The smallest absolute Gasteiger partial charge is 0.216 e. The highest BCUT2D eigenvalue weighted by atomic mass is 16.1. The molecule has 0 spiro atoms. The second-order valence-electron chi connectivity index (χ2n) is 2.34. The molecule has 0 saturated carbocycles. The van der Waals surface area contributed by atoms with Crippen LogP contribution in [0, 0.1) is 6.54 Å². The summed E-state index contributed by atoms with van der Waals surface area (Å²) in [6, 6.07) is 0. The molecule has 0 bridgehead atoms. The summed E-state index contributed by atoms with van der Waals surface area (Å²) in [6.07, 6.45) is 0. The summed E-state index contributed by atoms with van der Waals surface area (Å²) in [6.45, 7) is 10.3. The van der Waals surface area contributed by atoms with Crippen LogP contribution in [0.15, 0.2) is 0 Å². The minimum atomic E-state index is 0.0217. The molecule has 0 saturated heterocycles. The summed E-state index contributed by atoms with van der Waals surface area (Å²) in [5.41, 5.74) is 0. The van der Waals surface area contributed by atoms with Gasteiger partial charge < -0.3 is 5.32 Å². The molecule has 0 aromatic carbocycles. The molecular weight excluding hydrogens is 140 g/mol. The number of likely N-dealkylation sites (N-methyl/N-ethyl adjacent to an activating group) is 1. The first-order chi connectivity index (χ1) is 5.20. The topological polar surface area (TPSA) is 32.3 Å². The van der Waals surface area contributed by atoms with Gasteiger partial charge in [-0.05, 0) is 13.1 Å². The predicted octanol–water partition coefficient (Wildman–Crippen LogP) is 0.626. The molecule has 0 aliphatic heterocycles. The zero-order valence-corrected chi connectivity index (χ0v) is 7.55. The molecule has 11 heavy (non-hydrogen) atoms. The van der Waals surface area contributed by atoms with Gasteiger partial charge in [-0.15, -0.1) is 0 Å². The molecular formula is C8H17N2O. The van der Waals surface area contributed by atoms with Crippen molar-refractivity contribution in [2.45, 2.75) is 20.8 Å². The molecule has 3 nitrogen and oxygen atoms in total. The Morgan fingerprint density at radius 2 is 2.00 bits per heavy atom. The highest BCUT2D eigenvalue weighted by Gasteiger charge is 1.98. The van der Waals surface area contributed by atoms with E-state index in [9.17, 15) is 4.79 Å². The van der Waals surface area contributed by atoms with Crippen LogP contribution in [0.25, 0.3) is 0 Å². The summed E-state index contributed by atoms with van der Waals surface area (Å²) in [4.78, 5) is 12.6. The van der Waals surface area contributed by atoms with Crippen molar-refractivity contribution >= 4 is 5.91 Å². The van der Waals surface area contributed by atoms with E-state index in [1.807, 2.05) is 6.54 Å². The lowest BCUT2D eigenvalue weighted by molar-refractivity contribution is -0.118. The summed E-state index contributed by atoms with van der Waals surface area (Å²) in [5, 5.41) is 2.71. The summed E-state index contributed by atoms with van der Waals surface area (Å²) < 4.78 is 0. The number of rotatable bonds is 5. The van der Waals surface area contributed by atoms with Gasteiger partial charge in [0.05, 0.1) is 0 Å². The Kier molecular flexibility index (Phi) is 5.84. The van der Waals surface area contributed by atoms with Crippen molar-refractivity contribution in [3.05, 3.63) is 6.54 Å². The first-order valence-corrected chi connectivity index (χ1v) is 4.02. The Balaban J connectivity index is 3.28. The minimum absolute atomic E-state index is 0.0217. The van der Waals surface area contributed by atoms with E-state index in [1.165, 1.54) is 6.92 Å². The molecule has 3 heteroatoms. The molecule has 65 valence electrons. The Morgan fingerprint density at radius 1 is 1.45 bits per heavy atom. The third-order valence-corrected chi connectivity index (χ3v) is 1.51. The monoisotopic (exact) mass is 157 g/mol. The average molecular weight is 157 g/mol. The van der Waals surface area contributed by atoms with Crippen LogP contribution in [0.1, 0.15) is 20.8 Å². The maximum Gasteiger partial charge on any atom is 0.216 e. The zero-order chi connectivity index (χ0) is 8.69. The van der Waals surface area contributed by atoms with Crippen molar-refractivity contribution in [2.24, 2.45) is 0 Å². The van der Waals surface area contributed by atoms with Crippen LogP contribution in [-0.4, -0.2) is 30.4 Å². The Morgan fingerprint density at radius 3 is 2.36 bits per heavy atom. The highest BCUT2D eigenvalue weighted by Crippen LogP contribution is 1.88. The van der Waals surface area contributed by atoms with Crippen LogP contribution < -0.4 is 5.32 Å². The number of carbonyl (C=O) groups is 1. The molecule has 0 aromatic rings. The highest BCUT2D eigenvalue weighted by molar-refractivity contribution is 5.72. The average Bonchev–Trinajstić information content (AvgIpc) is 1.98. The molecule has 0 rings (SSSR count). The second-order valence-corrected chi connectivity index (χ2v) is 2.34. The lowest BCUT2D eigenvalue weighted by Gasteiger charge is -2.16. The molecule has 0 aliphatic carbocycles. The first kappa shape index (κ1) is 10.4. The predicted molar refractivity (Wildman–Crippen MR) is 45.9 cm³/mol. The van der Waals surface area contributed by atoms with E-state index in [-0.39, 0.29) is 5.91 Å². The van der Waals surface area contributed by atoms with Gasteiger partial charge in [0.15, 0.2) is 0 Å². The summed E-state index contributed by atoms with van der Waals surface area (Å²) in [7, 11) is 0. The maximum absolute atomic E-state index is 10.5. The van der Waals surface area contributed by atoms with Gasteiger partial charge in [0, 0.05) is 20.0 Å². The summed E-state index contributed by atoms with van der Waals surface area (Å²) >= 11 is 0. The number of hydrogen-bond donors (Lipinski definition) is 1. The van der Waals surface area contributed by atoms with Gasteiger partial charge in [-0.3, -0.25) is 9.69 Å². The van der Waals surface area contributed by atoms with Crippen LogP contribution in [0.3, 0.4) is 0 Å². The lowest BCUT2D eigenvalue weighted by atomic mass is 10.4. The molecule has 0 aliphatic rings. The minimum Gasteiger partial charge on any atom is -0.355 e. The molecule has 0 fully saturated rings. The number of nitrogens with one attached hydrogen (secondary N) is 1. The van der Waals surface area contributed by atoms with Crippen LogP contribution in [-0.2, 0) is 4.79 Å². The summed E-state index contributed by atoms with van der Waals surface area (Å²) in [5.74, 6) is 0.0217. The van der Waals surface area contributed by atoms with Gasteiger partial charge in [0.2, 0.25) is 5.91 Å². The first-order valence-electron chi connectivity index (χ1n) is 4.02. The fourth-order valence-electron chi connectivity index (χ4n) is 0.800. The Bertz CT molecular complexity index is 111. The van der Waals surface area contributed by atoms with Crippen molar-refractivity contribution in [3.63, 3.8) is 0 Å². The van der Waals surface area contributed by atoms with E-state index >= 15 is 0 Å². The van der Waals surface area contributed by atoms with E-state index in [0.29, 0.717) is 6.54 Å². The van der Waals surface area contributed by atoms with E-state index in [2.05, 4.69) is 24.1 Å². The number of carbonyl (C=O) groups excluding carboxylic acids is 1. The van der Waals surface area contributed by atoms with Crippen LogP contribution >= 0.6 is 0 Å². The lowest BCUT2D eigenvalue weighted by Crippen LogP contribution is -2.29. The van der Waals surface area contributed by atoms with Crippen molar-refractivity contribution in [1.29, 1.82) is 0 Å². The SMILES string of the molecule is CCN([CH]CNC(C)=O)CC. The van der Waals surface area contributed by atoms with E-state index in [1.54, 1.807) is 0 Å². The van der Waals surface area contributed by atoms with Gasteiger partial charge >= 0.3 is 0 Å². The molecule has 0 unspecified atom stereocenters. The van der Waals surface area contributed by atoms with Gasteiger partial charge in [0.1, 0.15) is 0 Å². The molecule has 0 aromatic heterocycles. The third kappa shape index (κ3) is 5.85. The van der Waals surface area contributed by atoms with Crippen molar-refractivity contribution in [1.82, 2.24) is 10.2 Å². The fourth-order valence-corrected chi connectivity index (χ4v) is 0.800.